The fourth-order valence-corrected chi connectivity index (χ4v) is 2.88. The average Bonchev–Trinajstić information content (AvgIpc) is 2.59. The zero-order chi connectivity index (χ0) is 19.4. The molecule has 0 aliphatic carbocycles. The molecule has 0 unspecified atom stereocenters. The third-order valence-corrected chi connectivity index (χ3v) is 4.75. The molecule has 0 aromatic heterocycles. The van der Waals surface area contributed by atoms with E-state index in [4.69, 9.17) is 14.2 Å². The van der Waals surface area contributed by atoms with Crippen molar-refractivity contribution in [1.82, 2.24) is 10.2 Å². The highest BCUT2D eigenvalue weighted by Crippen LogP contribution is 2.39. The normalized spacial score (nSPS) is 15.9. The number of imide groups is 1. The van der Waals surface area contributed by atoms with E-state index in [0.29, 0.717) is 21.5 Å². The van der Waals surface area contributed by atoms with Gasteiger partial charge < -0.3 is 19.5 Å². The lowest BCUT2D eigenvalue weighted by Gasteiger charge is -2.25. The van der Waals surface area contributed by atoms with Crippen molar-refractivity contribution in [1.29, 1.82) is 0 Å². The smallest absolute Gasteiger partial charge is 0.277 e. The first-order chi connectivity index (χ1) is 12.3. The lowest BCUT2D eigenvalue weighted by Crippen LogP contribution is -2.51. The molecule has 0 saturated carbocycles. The van der Waals surface area contributed by atoms with Crippen LogP contribution in [0.2, 0.25) is 0 Å². The van der Waals surface area contributed by atoms with Gasteiger partial charge in [0.25, 0.3) is 5.91 Å². The molecule has 2 rings (SSSR count). The molecule has 8 nitrogen and oxygen atoms in total. The van der Waals surface area contributed by atoms with Gasteiger partial charge in [-0.2, -0.15) is 0 Å². The predicted octanol–water partition coefficient (Wildman–Crippen LogP) is 1.59. The van der Waals surface area contributed by atoms with E-state index in [1.165, 1.54) is 27.2 Å². The summed E-state index contributed by atoms with van der Waals surface area (Å²) >= 11 is 3.46. The summed E-state index contributed by atoms with van der Waals surface area (Å²) in [5, 5.41) is 2.50. The molecule has 1 aromatic carbocycles. The Morgan fingerprint density at radius 1 is 1.38 bits per heavy atom. The number of piperazine rings is 1. The van der Waals surface area contributed by atoms with Crippen LogP contribution >= 0.6 is 15.9 Å². The van der Waals surface area contributed by atoms with Gasteiger partial charge in [0.2, 0.25) is 11.8 Å². The molecular weight excluding hydrogens is 408 g/mol. The van der Waals surface area contributed by atoms with Crippen molar-refractivity contribution in [3.05, 3.63) is 27.4 Å². The average molecular weight is 427 g/mol. The highest BCUT2D eigenvalue weighted by atomic mass is 79.9. The topological polar surface area (TPSA) is 94.2 Å². The van der Waals surface area contributed by atoms with Gasteiger partial charge in [-0.15, -0.1) is 0 Å². The molecule has 9 heteroatoms. The summed E-state index contributed by atoms with van der Waals surface area (Å²) in [6.45, 7) is 2.77. The molecule has 0 spiro atoms. The summed E-state index contributed by atoms with van der Waals surface area (Å²) in [6.07, 6.45) is 1.48. The van der Waals surface area contributed by atoms with Crippen LogP contribution in [0.1, 0.15) is 18.1 Å². The lowest BCUT2D eigenvalue weighted by atomic mass is 10.1. The Kier molecular flexibility index (Phi) is 6.38. The number of amides is 3. The van der Waals surface area contributed by atoms with Gasteiger partial charge in [0.05, 0.1) is 7.11 Å². The van der Waals surface area contributed by atoms with E-state index in [2.05, 4.69) is 21.2 Å². The van der Waals surface area contributed by atoms with Crippen molar-refractivity contribution in [3.8, 4) is 11.5 Å². The van der Waals surface area contributed by atoms with Crippen LogP contribution in [-0.2, 0) is 19.1 Å². The Labute approximate surface area is 159 Å². The maximum atomic E-state index is 12.4. The second kappa shape index (κ2) is 8.33. The van der Waals surface area contributed by atoms with Gasteiger partial charge in [0.15, 0.2) is 18.3 Å². The van der Waals surface area contributed by atoms with E-state index < -0.39 is 17.7 Å². The highest BCUT2D eigenvalue weighted by molar-refractivity contribution is 9.10. The number of nitrogens with zero attached hydrogens (tertiary/aromatic N) is 1. The van der Waals surface area contributed by atoms with Crippen LogP contribution in [0.3, 0.4) is 0 Å². The molecule has 1 N–H and O–H groups in total. The summed E-state index contributed by atoms with van der Waals surface area (Å²) in [7, 11) is 3.01. The zero-order valence-electron chi connectivity index (χ0n) is 14.8. The number of hydrogen-bond acceptors (Lipinski definition) is 6. The molecule has 1 heterocycles. The molecule has 1 saturated heterocycles. The van der Waals surface area contributed by atoms with Crippen LogP contribution in [0.4, 0.5) is 0 Å². The van der Waals surface area contributed by atoms with Crippen molar-refractivity contribution in [2.75, 3.05) is 27.6 Å². The summed E-state index contributed by atoms with van der Waals surface area (Å²) in [5.74, 6) is -0.578. The standard InChI is InChI=1S/C17H19BrN2O6/c1-9-15(18)11(6-13(16(9)25-4)26-8-24-3)5-12-17(23)20(10(2)21)7-14(22)19-12/h5-6H,7-8H2,1-4H3,(H,19,22)/b12-5-. The van der Waals surface area contributed by atoms with Gasteiger partial charge >= 0.3 is 0 Å². The van der Waals surface area contributed by atoms with Crippen LogP contribution in [0.25, 0.3) is 6.08 Å². The first-order valence-electron chi connectivity index (χ1n) is 7.63. The largest absolute Gasteiger partial charge is 0.493 e. The number of methoxy groups -OCH3 is 2. The van der Waals surface area contributed by atoms with Crippen molar-refractivity contribution >= 4 is 39.7 Å². The summed E-state index contributed by atoms with van der Waals surface area (Å²) in [4.78, 5) is 36.7. The molecule has 1 aliphatic heterocycles. The Balaban J connectivity index is 2.51. The molecule has 0 bridgehead atoms. The second-order valence-corrected chi connectivity index (χ2v) is 6.30. The summed E-state index contributed by atoms with van der Waals surface area (Å²) in [5.41, 5.74) is 1.31. The maximum absolute atomic E-state index is 12.4. The van der Waals surface area contributed by atoms with Gasteiger partial charge in [-0.25, -0.2) is 0 Å². The molecule has 26 heavy (non-hydrogen) atoms. The van der Waals surface area contributed by atoms with E-state index in [1.807, 2.05) is 6.92 Å². The fraction of sp³-hybridized carbons (Fsp3) is 0.353. The number of halogens is 1. The maximum Gasteiger partial charge on any atom is 0.277 e. The van der Waals surface area contributed by atoms with Gasteiger partial charge in [0, 0.05) is 24.1 Å². The number of benzene rings is 1. The minimum atomic E-state index is -0.572. The number of ether oxygens (including phenoxy) is 3. The minimum absolute atomic E-state index is 0.000548. The van der Waals surface area contributed by atoms with Crippen LogP contribution in [-0.4, -0.2) is 50.2 Å². The van der Waals surface area contributed by atoms with Crippen molar-refractivity contribution in [2.45, 2.75) is 13.8 Å². The monoisotopic (exact) mass is 426 g/mol. The number of nitrogens with one attached hydrogen (secondary N) is 1. The molecule has 1 aromatic rings. The third kappa shape index (κ3) is 4.05. The number of carbonyl (C=O) groups excluding carboxylic acids is 3. The number of carbonyl (C=O) groups is 3. The van der Waals surface area contributed by atoms with Gasteiger partial charge in [0.1, 0.15) is 12.2 Å². The lowest BCUT2D eigenvalue weighted by molar-refractivity contribution is -0.147. The first kappa shape index (κ1) is 19.9. The van der Waals surface area contributed by atoms with E-state index in [9.17, 15) is 14.4 Å². The minimum Gasteiger partial charge on any atom is -0.493 e. The van der Waals surface area contributed by atoms with Crippen LogP contribution in [0.5, 0.6) is 11.5 Å². The van der Waals surface area contributed by atoms with Crippen molar-refractivity contribution in [2.24, 2.45) is 0 Å². The van der Waals surface area contributed by atoms with Crippen LogP contribution < -0.4 is 14.8 Å². The van der Waals surface area contributed by atoms with E-state index in [-0.39, 0.29) is 19.0 Å². The van der Waals surface area contributed by atoms with Gasteiger partial charge in [-0.05, 0) is 40.6 Å². The molecule has 0 atom stereocenters. The first-order valence-corrected chi connectivity index (χ1v) is 8.42. The number of rotatable bonds is 5. The molecule has 3 amide bonds. The summed E-state index contributed by atoms with van der Waals surface area (Å²) in [6, 6.07) is 1.65. The highest BCUT2D eigenvalue weighted by Gasteiger charge is 2.31. The summed E-state index contributed by atoms with van der Waals surface area (Å²) < 4.78 is 16.5. The second-order valence-electron chi connectivity index (χ2n) is 5.50. The predicted molar refractivity (Wildman–Crippen MR) is 96.4 cm³/mol. The van der Waals surface area contributed by atoms with Crippen molar-refractivity contribution in [3.63, 3.8) is 0 Å². The Morgan fingerprint density at radius 3 is 2.65 bits per heavy atom. The quantitative estimate of drug-likeness (QED) is 0.567. The van der Waals surface area contributed by atoms with E-state index in [0.717, 1.165) is 10.5 Å². The molecular formula is C17H19BrN2O6. The van der Waals surface area contributed by atoms with Crippen molar-refractivity contribution < 1.29 is 28.6 Å². The van der Waals surface area contributed by atoms with Gasteiger partial charge in [-0.3, -0.25) is 19.3 Å². The fourth-order valence-electron chi connectivity index (χ4n) is 2.47. The zero-order valence-corrected chi connectivity index (χ0v) is 16.4. The molecule has 1 fully saturated rings. The Morgan fingerprint density at radius 2 is 2.08 bits per heavy atom. The third-order valence-electron chi connectivity index (χ3n) is 3.70. The Hall–Kier alpha value is -2.39. The van der Waals surface area contributed by atoms with Gasteiger partial charge in [-0.1, -0.05) is 0 Å². The number of hydrogen-bond donors (Lipinski definition) is 1. The Bertz CT molecular complexity index is 790. The SMILES string of the molecule is COCOc1cc(/C=C2\NC(=O)CN(C(C)=O)C2=O)c(Br)c(C)c1OC. The van der Waals surface area contributed by atoms with Crippen LogP contribution in [0.15, 0.2) is 16.2 Å². The molecule has 0 radical (unpaired) electrons. The van der Waals surface area contributed by atoms with Crippen LogP contribution in [0, 0.1) is 6.92 Å². The molecule has 1 aliphatic rings. The van der Waals surface area contributed by atoms with E-state index in [1.54, 1.807) is 6.07 Å². The van der Waals surface area contributed by atoms with E-state index >= 15 is 0 Å². The molecule has 140 valence electrons.